The van der Waals surface area contributed by atoms with E-state index in [1.54, 1.807) is 0 Å². The van der Waals surface area contributed by atoms with E-state index in [-0.39, 0.29) is 13.2 Å². The van der Waals surface area contributed by atoms with Gasteiger partial charge in [0.2, 0.25) is 5.89 Å². The Morgan fingerprint density at radius 1 is 1.25 bits per heavy atom. The monoisotopic (exact) mass is 229 g/mol. The van der Waals surface area contributed by atoms with Gasteiger partial charge >= 0.3 is 0 Å². The molecule has 0 amide bonds. The van der Waals surface area contributed by atoms with Crippen molar-refractivity contribution >= 4 is 0 Å². The first-order valence-electron chi connectivity index (χ1n) is 5.55. The van der Waals surface area contributed by atoms with Gasteiger partial charge in [0.1, 0.15) is 0 Å². The Hall–Kier alpha value is -0.980. The normalized spacial score (nSPS) is 11.2. The molecule has 0 atom stereocenters. The van der Waals surface area contributed by atoms with Crippen molar-refractivity contribution in [2.75, 3.05) is 26.3 Å². The highest BCUT2D eigenvalue weighted by molar-refractivity contribution is 4.86. The van der Waals surface area contributed by atoms with Crippen LogP contribution in [0.4, 0.5) is 0 Å². The fourth-order valence-electron chi connectivity index (χ4n) is 1.42. The molecule has 1 rings (SSSR count). The van der Waals surface area contributed by atoms with Gasteiger partial charge in [-0.15, -0.1) is 0 Å². The minimum Gasteiger partial charge on any atom is -0.395 e. The molecule has 1 heterocycles. The van der Waals surface area contributed by atoms with Crippen LogP contribution in [0.1, 0.15) is 25.1 Å². The predicted octanol–water partition coefficient (Wildman–Crippen LogP) is -0.191. The molecule has 6 heteroatoms. The molecule has 0 radical (unpaired) electrons. The third-order valence-corrected chi connectivity index (χ3v) is 2.18. The molecule has 0 fully saturated rings. The molecule has 0 aliphatic carbocycles. The van der Waals surface area contributed by atoms with E-state index in [1.165, 1.54) is 0 Å². The maximum atomic E-state index is 8.84. The van der Waals surface area contributed by atoms with E-state index in [4.69, 9.17) is 14.7 Å². The van der Waals surface area contributed by atoms with Gasteiger partial charge in [0.15, 0.2) is 5.82 Å². The number of hydrogen-bond donors (Lipinski definition) is 2. The number of aliphatic hydroxyl groups is 2. The smallest absolute Gasteiger partial charge is 0.240 e. The maximum Gasteiger partial charge on any atom is 0.240 e. The predicted molar refractivity (Wildman–Crippen MR) is 57.7 cm³/mol. The van der Waals surface area contributed by atoms with Crippen molar-refractivity contribution < 1.29 is 14.7 Å². The van der Waals surface area contributed by atoms with Crippen molar-refractivity contribution in [3.05, 3.63) is 11.7 Å². The summed E-state index contributed by atoms with van der Waals surface area (Å²) in [5.74, 6) is 1.25. The van der Waals surface area contributed by atoms with Crippen LogP contribution in [0.3, 0.4) is 0 Å². The van der Waals surface area contributed by atoms with Crippen molar-refractivity contribution in [3.8, 4) is 0 Å². The highest BCUT2D eigenvalue weighted by Crippen LogP contribution is 2.03. The summed E-state index contributed by atoms with van der Waals surface area (Å²) in [6.07, 6.45) is 1.79. The van der Waals surface area contributed by atoms with Gasteiger partial charge < -0.3 is 14.7 Å². The molecule has 6 nitrogen and oxygen atoms in total. The first-order chi connectivity index (χ1) is 7.80. The second-order valence-corrected chi connectivity index (χ2v) is 3.58. The van der Waals surface area contributed by atoms with Crippen molar-refractivity contribution in [1.29, 1.82) is 0 Å². The van der Waals surface area contributed by atoms with Crippen molar-refractivity contribution in [3.63, 3.8) is 0 Å². The molecule has 16 heavy (non-hydrogen) atoms. The van der Waals surface area contributed by atoms with Crippen LogP contribution in [0.2, 0.25) is 0 Å². The lowest BCUT2D eigenvalue weighted by Gasteiger charge is -2.17. The molecule has 1 aromatic heterocycles. The molecular weight excluding hydrogens is 210 g/mol. The van der Waals surface area contributed by atoms with E-state index in [1.807, 2.05) is 4.90 Å². The van der Waals surface area contributed by atoms with E-state index in [2.05, 4.69) is 17.1 Å². The molecular formula is C10H19N3O3. The Morgan fingerprint density at radius 2 is 1.94 bits per heavy atom. The molecule has 0 aliphatic heterocycles. The summed E-state index contributed by atoms with van der Waals surface area (Å²) < 4.78 is 5.07. The van der Waals surface area contributed by atoms with Gasteiger partial charge in [-0.05, 0) is 6.42 Å². The average Bonchev–Trinajstić information content (AvgIpc) is 2.67. The average molecular weight is 229 g/mol. The van der Waals surface area contributed by atoms with Crippen LogP contribution >= 0.6 is 0 Å². The number of aromatic nitrogens is 2. The first kappa shape index (κ1) is 13.1. The Bertz CT molecular complexity index is 285. The summed E-state index contributed by atoms with van der Waals surface area (Å²) in [4.78, 5) is 6.09. The van der Waals surface area contributed by atoms with Crippen LogP contribution in [-0.2, 0) is 13.0 Å². The zero-order chi connectivity index (χ0) is 11.8. The van der Waals surface area contributed by atoms with Gasteiger partial charge in [-0.1, -0.05) is 12.1 Å². The zero-order valence-electron chi connectivity index (χ0n) is 9.59. The fourth-order valence-corrected chi connectivity index (χ4v) is 1.42. The molecule has 0 saturated carbocycles. The molecule has 0 saturated heterocycles. The molecule has 0 unspecified atom stereocenters. The van der Waals surface area contributed by atoms with Gasteiger partial charge in [0.05, 0.1) is 19.8 Å². The minimum absolute atomic E-state index is 0.0515. The van der Waals surface area contributed by atoms with Gasteiger partial charge in [-0.3, -0.25) is 4.90 Å². The van der Waals surface area contributed by atoms with Crippen LogP contribution in [0.25, 0.3) is 0 Å². The lowest BCUT2D eigenvalue weighted by molar-refractivity contribution is 0.143. The van der Waals surface area contributed by atoms with Gasteiger partial charge in [0, 0.05) is 19.5 Å². The zero-order valence-corrected chi connectivity index (χ0v) is 9.59. The molecule has 0 bridgehead atoms. The SMILES string of the molecule is CCCc1noc(CN(CCO)CCO)n1. The summed E-state index contributed by atoms with van der Waals surface area (Å²) in [6.45, 7) is 3.61. The highest BCUT2D eigenvalue weighted by atomic mass is 16.5. The summed E-state index contributed by atoms with van der Waals surface area (Å²) in [5.41, 5.74) is 0. The minimum atomic E-state index is 0.0515. The topological polar surface area (TPSA) is 82.6 Å². The summed E-state index contributed by atoms with van der Waals surface area (Å²) in [7, 11) is 0. The molecule has 1 aromatic rings. The van der Waals surface area contributed by atoms with Crippen LogP contribution in [0, 0.1) is 0 Å². The number of rotatable bonds is 8. The molecule has 2 N–H and O–H groups in total. The quantitative estimate of drug-likeness (QED) is 0.643. The van der Waals surface area contributed by atoms with Crippen molar-refractivity contribution in [2.24, 2.45) is 0 Å². The summed E-state index contributed by atoms with van der Waals surface area (Å²) >= 11 is 0. The van der Waals surface area contributed by atoms with E-state index in [0.29, 0.717) is 31.3 Å². The van der Waals surface area contributed by atoms with Crippen LogP contribution in [0.15, 0.2) is 4.52 Å². The standard InChI is InChI=1S/C10H19N3O3/c1-2-3-9-11-10(16-12-9)8-13(4-6-14)5-7-15/h14-15H,2-8H2,1H3. The highest BCUT2D eigenvalue weighted by Gasteiger charge is 2.10. The fraction of sp³-hybridized carbons (Fsp3) is 0.800. The molecule has 0 spiro atoms. The summed E-state index contributed by atoms with van der Waals surface area (Å²) in [6, 6.07) is 0. The Kier molecular flexibility index (Phi) is 5.99. The summed E-state index contributed by atoms with van der Waals surface area (Å²) in [5, 5.41) is 21.5. The number of nitrogens with zero attached hydrogens (tertiary/aromatic N) is 3. The Labute approximate surface area is 94.9 Å². The lowest BCUT2D eigenvalue weighted by atomic mass is 10.3. The lowest BCUT2D eigenvalue weighted by Crippen LogP contribution is -2.29. The van der Waals surface area contributed by atoms with Gasteiger partial charge in [-0.25, -0.2) is 0 Å². The second kappa shape index (κ2) is 7.32. The molecule has 0 aliphatic rings. The van der Waals surface area contributed by atoms with E-state index in [0.717, 1.165) is 12.8 Å². The van der Waals surface area contributed by atoms with E-state index < -0.39 is 0 Å². The van der Waals surface area contributed by atoms with Crippen LogP contribution in [-0.4, -0.2) is 51.6 Å². The number of aliphatic hydroxyl groups excluding tert-OH is 2. The van der Waals surface area contributed by atoms with Crippen molar-refractivity contribution in [2.45, 2.75) is 26.3 Å². The first-order valence-corrected chi connectivity index (χ1v) is 5.55. The number of hydrogen-bond acceptors (Lipinski definition) is 6. The van der Waals surface area contributed by atoms with Crippen LogP contribution < -0.4 is 0 Å². The molecule has 0 aromatic carbocycles. The second-order valence-electron chi connectivity index (χ2n) is 3.58. The number of aryl methyl sites for hydroxylation is 1. The van der Waals surface area contributed by atoms with Gasteiger partial charge in [-0.2, -0.15) is 4.98 Å². The van der Waals surface area contributed by atoms with E-state index in [9.17, 15) is 0 Å². The van der Waals surface area contributed by atoms with E-state index >= 15 is 0 Å². The third kappa shape index (κ3) is 4.26. The van der Waals surface area contributed by atoms with Gasteiger partial charge in [0.25, 0.3) is 0 Å². The largest absolute Gasteiger partial charge is 0.395 e. The van der Waals surface area contributed by atoms with Crippen LogP contribution in [0.5, 0.6) is 0 Å². The Morgan fingerprint density at radius 3 is 2.50 bits per heavy atom. The van der Waals surface area contributed by atoms with Crippen molar-refractivity contribution in [1.82, 2.24) is 15.0 Å². The Balaban J connectivity index is 2.48. The third-order valence-electron chi connectivity index (χ3n) is 2.18. The maximum absolute atomic E-state index is 8.84. The molecule has 92 valence electrons.